The van der Waals surface area contributed by atoms with E-state index in [4.69, 9.17) is 4.74 Å². The van der Waals surface area contributed by atoms with Crippen molar-refractivity contribution in [3.05, 3.63) is 89.0 Å². The molecule has 7 nitrogen and oxygen atoms in total. The summed E-state index contributed by atoms with van der Waals surface area (Å²) in [6.07, 6.45) is 10.6. The third-order valence-corrected chi connectivity index (χ3v) is 8.88. The second-order valence-electron chi connectivity index (χ2n) is 11.7. The highest BCUT2D eigenvalue weighted by atomic mass is 16.5. The molecule has 6 rings (SSSR count). The highest BCUT2D eigenvalue weighted by Crippen LogP contribution is 2.49. The second kappa shape index (κ2) is 10.7. The van der Waals surface area contributed by atoms with Gasteiger partial charge in [0, 0.05) is 12.2 Å². The van der Waals surface area contributed by atoms with Gasteiger partial charge >= 0.3 is 0 Å². The van der Waals surface area contributed by atoms with Crippen LogP contribution in [0.2, 0.25) is 0 Å². The molecule has 5 atom stereocenters. The molecule has 2 N–H and O–H groups in total. The molecule has 0 unspecified atom stereocenters. The van der Waals surface area contributed by atoms with Crippen LogP contribution in [0.3, 0.4) is 0 Å². The molecular weight excluding hydrogens is 502 g/mol. The summed E-state index contributed by atoms with van der Waals surface area (Å²) in [5, 5.41) is 6.10. The van der Waals surface area contributed by atoms with Crippen LogP contribution >= 0.6 is 0 Å². The molecule has 208 valence electrons. The van der Waals surface area contributed by atoms with Crippen molar-refractivity contribution in [3.8, 4) is 0 Å². The Bertz CT molecular complexity index is 1360. The highest BCUT2D eigenvalue weighted by molar-refractivity contribution is 6.00. The topological polar surface area (TPSA) is 87.7 Å². The Morgan fingerprint density at radius 2 is 1.77 bits per heavy atom. The molecule has 0 aromatic heterocycles. The van der Waals surface area contributed by atoms with Crippen LogP contribution in [0.1, 0.15) is 54.8 Å². The SMILES string of the molecule is Cc1ccc(NC(=O)[C@@H]2[C@H]3C=C[C@@]4(CNC(=O)[C@@H](c5ccc(C)cc5)N(CCC5=CCCCC5)C(=O)[C@@H]24)O3)cc1. The molecule has 1 aliphatic carbocycles. The van der Waals surface area contributed by atoms with Crippen molar-refractivity contribution in [2.45, 2.75) is 63.7 Å². The van der Waals surface area contributed by atoms with E-state index in [0.717, 1.165) is 36.0 Å². The van der Waals surface area contributed by atoms with Crippen LogP contribution in [-0.2, 0) is 19.1 Å². The number of hydrogen-bond acceptors (Lipinski definition) is 4. The van der Waals surface area contributed by atoms with Crippen LogP contribution in [0.5, 0.6) is 0 Å². The Balaban J connectivity index is 1.36. The number of allylic oxidation sites excluding steroid dienone is 1. The summed E-state index contributed by atoms with van der Waals surface area (Å²) in [4.78, 5) is 43.9. The number of nitrogens with one attached hydrogen (secondary N) is 2. The van der Waals surface area contributed by atoms with Gasteiger partial charge in [-0.3, -0.25) is 14.4 Å². The van der Waals surface area contributed by atoms with Crippen molar-refractivity contribution < 1.29 is 19.1 Å². The molecule has 3 aliphatic heterocycles. The van der Waals surface area contributed by atoms with Gasteiger partial charge in [0.05, 0.1) is 24.5 Å². The van der Waals surface area contributed by atoms with E-state index in [1.165, 1.54) is 12.0 Å². The molecule has 40 heavy (non-hydrogen) atoms. The first kappa shape index (κ1) is 26.5. The first-order valence-electron chi connectivity index (χ1n) is 14.4. The van der Waals surface area contributed by atoms with Gasteiger partial charge < -0.3 is 20.3 Å². The molecule has 1 spiro atoms. The van der Waals surface area contributed by atoms with Gasteiger partial charge in [0.2, 0.25) is 17.7 Å². The lowest BCUT2D eigenvalue weighted by Gasteiger charge is -2.42. The Hall–Kier alpha value is -3.71. The Morgan fingerprint density at radius 3 is 2.48 bits per heavy atom. The first-order valence-corrected chi connectivity index (χ1v) is 14.4. The first-order chi connectivity index (χ1) is 19.3. The fourth-order valence-corrected chi connectivity index (χ4v) is 6.67. The Kier molecular flexibility index (Phi) is 7.09. The van der Waals surface area contributed by atoms with E-state index in [-0.39, 0.29) is 24.3 Å². The smallest absolute Gasteiger partial charge is 0.247 e. The highest BCUT2D eigenvalue weighted by Gasteiger charge is 2.63. The van der Waals surface area contributed by atoms with Crippen molar-refractivity contribution in [1.82, 2.24) is 10.2 Å². The minimum atomic E-state index is -1.05. The molecule has 2 saturated heterocycles. The number of rotatable bonds is 6. The van der Waals surface area contributed by atoms with E-state index in [1.807, 2.05) is 74.5 Å². The maximum atomic E-state index is 14.7. The van der Waals surface area contributed by atoms with E-state index >= 15 is 0 Å². The molecule has 3 amide bonds. The third kappa shape index (κ3) is 4.87. The van der Waals surface area contributed by atoms with Gasteiger partial charge in [0.25, 0.3) is 0 Å². The quantitative estimate of drug-likeness (QED) is 0.518. The van der Waals surface area contributed by atoms with Crippen molar-refractivity contribution in [3.63, 3.8) is 0 Å². The summed E-state index contributed by atoms with van der Waals surface area (Å²) in [6, 6.07) is 14.6. The number of aryl methyl sites for hydroxylation is 2. The van der Waals surface area contributed by atoms with Gasteiger partial charge in [-0.1, -0.05) is 71.3 Å². The standard InChI is InChI=1S/C33H37N3O4/c1-21-8-12-24(13-9-21)29-31(38)34-20-33-18-16-26(40-33)27(30(37)35-25-14-10-22(2)11-15-25)28(33)32(39)36(29)19-17-23-6-4-3-5-7-23/h6,8-16,18,26-29H,3-5,7,17,19-20H2,1-2H3,(H,34,38)(H,35,37)/t26-,27-,28-,29-,33+/m1/s1. The van der Waals surface area contributed by atoms with Crippen LogP contribution < -0.4 is 10.6 Å². The summed E-state index contributed by atoms with van der Waals surface area (Å²) >= 11 is 0. The van der Waals surface area contributed by atoms with E-state index in [1.54, 1.807) is 4.90 Å². The van der Waals surface area contributed by atoms with Crippen molar-refractivity contribution in [1.29, 1.82) is 0 Å². The number of amides is 3. The van der Waals surface area contributed by atoms with E-state index in [2.05, 4.69) is 16.7 Å². The van der Waals surface area contributed by atoms with Crippen molar-refractivity contribution in [2.24, 2.45) is 11.8 Å². The molecule has 2 aromatic rings. The average Bonchev–Trinajstić information content (AvgIpc) is 3.53. The predicted octanol–water partition coefficient (Wildman–Crippen LogP) is 4.77. The third-order valence-electron chi connectivity index (χ3n) is 8.88. The van der Waals surface area contributed by atoms with Crippen molar-refractivity contribution in [2.75, 3.05) is 18.4 Å². The van der Waals surface area contributed by atoms with Gasteiger partial charge in [-0.25, -0.2) is 0 Å². The molecule has 3 heterocycles. The lowest BCUT2D eigenvalue weighted by molar-refractivity contribution is -0.152. The van der Waals surface area contributed by atoms with E-state index in [0.29, 0.717) is 18.7 Å². The zero-order valence-electron chi connectivity index (χ0n) is 23.2. The van der Waals surface area contributed by atoms with Crippen LogP contribution in [0, 0.1) is 25.7 Å². The van der Waals surface area contributed by atoms with Gasteiger partial charge in [-0.15, -0.1) is 0 Å². The second-order valence-corrected chi connectivity index (χ2v) is 11.7. The lowest BCUT2D eigenvalue weighted by atomic mass is 9.73. The summed E-state index contributed by atoms with van der Waals surface area (Å²) in [7, 11) is 0. The fourth-order valence-electron chi connectivity index (χ4n) is 6.67. The summed E-state index contributed by atoms with van der Waals surface area (Å²) < 4.78 is 6.36. The predicted molar refractivity (Wildman–Crippen MR) is 153 cm³/mol. The number of benzene rings is 2. The molecule has 0 radical (unpaired) electrons. The molecule has 7 heteroatoms. The number of nitrogens with zero attached hydrogens (tertiary/aromatic N) is 1. The zero-order valence-corrected chi connectivity index (χ0v) is 23.2. The van der Waals surface area contributed by atoms with E-state index in [9.17, 15) is 14.4 Å². The van der Waals surface area contributed by atoms with E-state index < -0.39 is 29.6 Å². The van der Waals surface area contributed by atoms with Crippen molar-refractivity contribution >= 4 is 23.4 Å². The number of carbonyl (C=O) groups is 3. The minimum Gasteiger partial charge on any atom is -0.360 e. The number of hydrogen-bond donors (Lipinski definition) is 2. The number of carbonyl (C=O) groups excluding carboxylic acids is 3. The molecule has 2 bridgehead atoms. The fraction of sp³-hybridized carbons (Fsp3) is 0.424. The largest absolute Gasteiger partial charge is 0.360 e. The lowest BCUT2D eigenvalue weighted by Crippen LogP contribution is -2.60. The van der Waals surface area contributed by atoms with Crippen LogP contribution in [0.15, 0.2) is 72.3 Å². The minimum absolute atomic E-state index is 0.144. The summed E-state index contributed by atoms with van der Waals surface area (Å²) in [6.45, 7) is 4.54. The van der Waals surface area contributed by atoms with Gasteiger partial charge in [0.1, 0.15) is 11.6 Å². The Labute approximate surface area is 235 Å². The number of ether oxygens (including phenoxy) is 1. The summed E-state index contributed by atoms with van der Waals surface area (Å²) in [5.74, 6) is -2.12. The summed E-state index contributed by atoms with van der Waals surface area (Å²) in [5.41, 5.74) is 3.91. The average molecular weight is 540 g/mol. The van der Waals surface area contributed by atoms with Gasteiger partial charge in [-0.2, -0.15) is 0 Å². The number of anilines is 1. The molecular formula is C33H37N3O4. The normalized spacial score (nSPS) is 29.4. The molecule has 4 aliphatic rings. The number of fused-ring (bicyclic) bond motifs is 1. The monoisotopic (exact) mass is 539 g/mol. The maximum Gasteiger partial charge on any atom is 0.247 e. The Morgan fingerprint density at radius 1 is 1.05 bits per heavy atom. The molecule has 2 fully saturated rings. The van der Waals surface area contributed by atoms with Crippen LogP contribution in [0.4, 0.5) is 5.69 Å². The maximum absolute atomic E-state index is 14.7. The van der Waals surface area contributed by atoms with Gasteiger partial charge in [-0.05, 0) is 63.6 Å². The van der Waals surface area contributed by atoms with Crippen LogP contribution in [-0.4, -0.2) is 47.4 Å². The molecule has 0 saturated carbocycles. The van der Waals surface area contributed by atoms with Crippen LogP contribution in [0.25, 0.3) is 0 Å². The van der Waals surface area contributed by atoms with Gasteiger partial charge in [0.15, 0.2) is 0 Å². The molecule has 2 aromatic carbocycles. The zero-order chi connectivity index (χ0) is 27.9.